The Morgan fingerprint density at radius 1 is 1.56 bits per heavy atom. The molecule has 0 unspecified atom stereocenters. The highest BCUT2D eigenvalue weighted by Crippen LogP contribution is 2.33. The van der Waals surface area contributed by atoms with E-state index in [2.05, 4.69) is 10.3 Å². The maximum atomic E-state index is 11.6. The molecule has 0 aliphatic heterocycles. The molecule has 86 valence electrons. The third-order valence-electron chi connectivity index (χ3n) is 2.73. The summed E-state index contributed by atoms with van der Waals surface area (Å²) >= 11 is 5.78. The van der Waals surface area contributed by atoms with Crippen molar-refractivity contribution in [1.82, 2.24) is 10.3 Å². The van der Waals surface area contributed by atoms with Gasteiger partial charge in [0.2, 0.25) is 0 Å². The number of carbonyl (C=O) groups excluding carboxylic acids is 1. The summed E-state index contributed by atoms with van der Waals surface area (Å²) in [5.74, 6) is 0.777. The molecule has 1 aliphatic rings. The molecule has 1 amide bonds. The number of rotatable bonds is 5. The van der Waals surface area contributed by atoms with Crippen molar-refractivity contribution < 1.29 is 4.79 Å². The van der Waals surface area contributed by atoms with Crippen molar-refractivity contribution in [1.29, 1.82) is 0 Å². The van der Waals surface area contributed by atoms with Gasteiger partial charge in [-0.05, 0) is 30.9 Å². The average Bonchev–Trinajstić information content (AvgIpc) is 3.08. The van der Waals surface area contributed by atoms with Crippen LogP contribution in [0.1, 0.15) is 36.2 Å². The topological polar surface area (TPSA) is 42.0 Å². The van der Waals surface area contributed by atoms with Crippen molar-refractivity contribution in [3.63, 3.8) is 0 Å². The first-order chi connectivity index (χ1) is 7.75. The molecular formula is C12H15ClN2O. The average molecular weight is 239 g/mol. The Hall–Kier alpha value is -1.09. The Labute approximate surface area is 100 Å². The van der Waals surface area contributed by atoms with E-state index in [1.54, 1.807) is 18.3 Å². The van der Waals surface area contributed by atoms with Gasteiger partial charge >= 0.3 is 0 Å². The van der Waals surface area contributed by atoms with Gasteiger partial charge in [-0.25, -0.2) is 0 Å². The molecule has 1 aromatic rings. The molecule has 2 rings (SSSR count). The van der Waals surface area contributed by atoms with Crippen LogP contribution in [0.4, 0.5) is 0 Å². The lowest BCUT2D eigenvalue weighted by Crippen LogP contribution is -2.25. The number of aromatic nitrogens is 1. The number of nitrogens with one attached hydrogen (secondary N) is 1. The number of pyridine rings is 1. The fourth-order valence-electron chi connectivity index (χ4n) is 1.62. The lowest BCUT2D eigenvalue weighted by molar-refractivity contribution is 0.0948. The molecular weight excluding hydrogens is 224 g/mol. The second kappa shape index (κ2) is 5.30. The van der Waals surface area contributed by atoms with Gasteiger partial charge in [-0.15, -0.1) is 0 Å². The van der Waals surface area contributed by atoms with Gasteiger partial charge in [0.25, 0.3) is 5.91 Å². The summed E-state index contributed by atoms with van der Waals surface area (Å²) < 4.78 is 0. The van der Waals surface area contributed by atoms with Crippen LogP contribution in [0, 0.1) is 5.92 Å². The molecule has 1 fully saturated rings. The van der Waals surface area contributed by atoms with Crippen molar-refractivity contribution in [2.75, 3.05) is 6.54 Å². The largest absolute Gasteiger partial charge is 0.351 e. The monoisotopic (exact) mass is 238 g/mol. The highest BCUT2D eigenvalue weighted by atomic mass is 35.5. The third-order valence-corrected chi connectivity index (χ3v) is 2.96. The molecule has 0 aromatic carbocycles. The number of amides is 1. The van der Waals surface area contributed by atoms with Crippen molar-refractivity contribution >= 4 is 17.5 Å². The number of halogens is 1. The summed E-state index contributed by atoms with van der Waals surface area (Å²) in [7, 11) is 0. The minimum Gasteiger partial charge on any atom is -0.351 e. The van der Waals surface area contributed by atoms with Gasteiger partial charge in [-0.3, -0.25) is 9.78 Å². The zero-order chi connectivity index (χ0) is 11.4. The van der Waals surface area contributed by atoms with Gasteiger partial charge in [0.05, 0.1) is 0 Å². The zero-order valence-corrected chi connectivity index (χ0v) is 9.83. The molecule has 0 atom stereocenters. The van der Waals surface area contributed by atoms with E-state index in [4.69, 9.17) is 11.6 Å². The zero-order valence-electron chi connectivity index (χ0n) is 9.08. The Morgan fingerprint density at radius 2 is 2.38 bits per heavy atom. The first-order valence-electron chi connectivity index (χ1n) is 5.65. The van der Waals surface area contributed by atoms with E-state index < -0.39 is 0 Å². The Morgan fingerprint density at radius 3 is 3.06 bits per heavy atom. The predicted molar refractivity (Wildman–Crippen MR) is 63.5 cm³/mol. The highest BCUT2D eigenvalue weighted by molar-refractivity contribution is 6.30. The summed E-state index contributed by atoms with van der Waals surface area (Å²) in [5, 5.41) is 3.39. The molecule has 1 aliphatic carbocycles. The van der Waals surface area contributed by atoms with Crippen molar-refractivity contribution in [2.24, 2.45) is 5.92 Å². The van der Waals surface area contributed by atoms with E-state index in [-0.39, 0.29) is 5.91 Å². The standard InChI is InChI=1S/C12H15ClN2O/c13-10-5-7-14-11(8-10)12(16)15-6-1-2-9-3-4-9/h5,7-9H,1-4,6H2,(H,15,16). The normalized spacial score (nSPS) is 14.8. The summed E-state index contributed by atoms with van der Waals surface area (Å²) in [5.41, 5.74) is 0.388. The lowest BCUT2D eigenvalue weighted by Gasteiger charge is -2.04. The quantitative estimate of drug-likeness (QED) is 0.802. The van der Waals surface area contributed by atoms with Gasteiger partial charge in [-0.2, -0.15) is 0 Å². The predicted octanol–water partition coefficient (Wildman–Crippen LogP) is 2.66. The van der Waals surface area contributed by atoms with E-state index >= 15 is 0 Å². The van der Waals surface area contributed by atoms with Crippen molar-refractivity contribution in [3.8, 4) is 0 Å². The van der Waals surface area contributed by atoms with E-state index in [0.717, 1.165) is 18.9 Å². The molecule has 0 bridgehead atoms. The Balaban J connectivity index is 1.73. The molecule has 1 N–H and O–H groups in total. The fourth-order valence-corrected chi connectivity index (χ4v) is 1.78. The van der Waals surface area contributed by atoms with Crippen LogP contribution in [-0.2, 0) is 0 Å². The first-order valence-corrected chi connectivity index (χ1v) is 6.03. The van der Waals surface area contributed by atoms with Crippen LogP contribution < -0.4 is 5.32 Å². The maximum Gasteiger partial charge on any atom is 0.269 e. The number of nitrogens with zero attached hydrogens (tertiary/aromatic N) is 1. The number of carbonyl (C=O) groups is 1. The minimum atomic E-state index is -0.140. The number of hydrogen-bond acceptors (Lipinski definition) is 2. The van der Waals surface area contributed by atoms with Gasteiger partial charge in [0.15, 0.2) is 0 Å². The van der Waals surface area contributed by atoms with Gasteiger partial charge in [-0.1, -0.05) is 24.4 Å². The fraction of sp³-hybridized carbons (Fsp3) is 0.500. The van der Waals surface area contributed by atoms with E-state index in [1.807, 2.05) is 0 Å². The minimum absolute atomic E-state index is 0.140. The summed E-state index contributed by atoms with van der Waals surface area (Å²) in [6.07, 6.45) is 6.55. The second-order valence-electron chi connectivity index (χ2n) is 4.20. The third kappa shape index (κ3) is 3.49. The molecule has 0 saturated heterocycles. The second-order valence-corrected chi connectivity index (χ2v) is 4.64. The summed E-state index contributed by atoms with van der Waals surface area (Å²) in [4.78, 5) is 15.6. The van der Waals surface area contributed by atoms with E-state index in [0.29, 0.717) is 10.7 Å². The van der Waals surface area contributed by atoms with Crippen molar-refractivity contribution in [2.45, 2.75) is 25.7 Å². The summed E-state index contributed by atoms with van der Waals surface area (Å²) in [6, 6.07) is 3.24. The van der Waals surface area contributed by atoms with E-state index in [9.17, 15) is 4.79 Å². The number of hydrogen-bond donors (Lipinski definition) is 1. The van der Waals surface area contributed by atoms with Crippen LogP contribution in [0.3, 0.4) is 0 Å². The molecule has 4 heteroatoms. The molecule has 16 heavy (non-hydrogen) atoms. The van der Waals surface area contributed by atoms with Crippen molar-refractivity contribution in [3.05, 3.63) is 29.0 Å². The van der Waals surface area contributed by atoms with Crippen LogP contribution in [0.2, 0.25) is 5.02 Å². The Bertz CT molecular complexity index is 377. The highest BCUT2D eigenvalue weighted by Gasteiger charge is 2.20. The molecule has 0 radical (unpaired) electrons. The summed E-state index contributed by atoms with van der Waals surface area (Å²) in [6.45, 7) is 0.726. The SMILES string of the molecule is O=C(NCCCC1CC1)c1cc(Cl)ccn1. The van der Waals surface area contributed by atoms with E-state index in [1.165, 1.54) is 19.3 Å². The first kappa shape index (κ1) is 11.4. The van der Waals surface area contributed by atoms with Crippen LogP contribution >= 0.6 is 11.6 Å². The maximum absolute atomic E-state index is 11.6. The lowest BCUT2D eigenvalue weighted by atomic mass is 10.2. The molecule has 0 spiro atoms. The van der Waals surface area contributed by atoms with Crippen LogP contribution in [-0.4, -0.2) is 17.4 Å². The molecule has 1 heterocycles. The van der Waals surface area contributed by atoms with Crippen LogP contribution in [0.5, 0.6) is 0 Å². The molecule has 1 saturated carbocycles. The Kier molecular flexibility index (Phi) is 3.78. The molecule has 3 nitrogen and oxygen atoms in total. The van der Waals surface area contributed by atoms with Gasteiger partial charge < -0.3 is 5.32 Å². The van der Waals surface area contributed by atoms with Crippen LogP contribution in [0.15, 0.2) is 18.3 Å². The smallest absolute Gasteiger partial charge is 0.269 e. The van der Waals surface area contributed by atoms with Crippen LogP contribution in [0.25, 0.3) is 0 Å². The van der Waals surface area contributed by atoms with Gasteiger partial charge in [0, 0.05) is 17.8 Å². The van der Waals surface area contributed by atoms with Gasteiger partial charge in [0.1, 0.15) is 5.69 Å². The molecule has 1 aromatic heterocycles.